The van der Waals surface area contributed by atoms with Gasteiger partial charge in [0.25, 0.3) is 8.32 Å². The molecule has 4 rings (SSSR count). The highest BCUT2D eigenvalue weighted by molar-refractivity contribution is 7.81. The third-order valence-corrected chi connectivity index (χ3v) is 12.9. The van der Waals surface area contributed by atoms with Crippen molar-refractivity contribution in [2.45, 2.75) is 83.5 Å². The number of hydrogen-bond acceptors (Lipinski definition) is 5. The summed E-state index contributed by atoms with van der Waals surface area (Å²) >= 11 is 0. The molecule has 32 heavy (non-hydrogen) atoms. The molecule has 176 valence electrons. The molecule has 2 aromatic rings. The Morgan fingerprint density at radius 3 is 2.44 bits per heavy atom. The van der Waals surface area contributed by atoms with Crippen LogP contribution in [0.2, 0.25) is 18.1 Å². The zero-order valence-corrected chi connectivity index (χ0v) is 21.5. The third-order valence-electron chi connectivity index (χ3n) is 8.16. The van der Waals surface area contributed by atoms with Gasteiger partial charge in [-0.25, -0.2) is 0 Å². The van der Waals surface area contributed by atoms with Gasteiger partial charge in [0.05, 0.1) is 6.10 Å². The van der Waals surface area contributed by atoms with E-state index in [1.807, 2.05) is 6.07 Å². The molecule has 6 nitrogen and oxygen atoms in total. The van der Waals surface area contributed by atoms with Crippen molar-refractivity contribution in [2.75, 3.05) is 0 Å². The van der Waals surface area contributed by atoms with Gasteiger partial charge in [0.2, 0.25) is 0 Å². The minimum atomic E-state index is -4.62. The fourth-order valence-corrected chi connectivity index (χ4v) is 6.56. The lowest BCUT2D eigenvalue weighted by Gasteiger charge is -2.41. The predicted molar refractivity (Wildman–Crippen MR) is 128 cm³/mol. The Morgan fingerprint density at radius 1 is 1.12 bits per heavy atom. The Labute approximate surface area is 192 Å². The van der Waals surface area contributed by atoms with Crippen molar-refractivity contribution >= 4 is 29.5 Å². The summed E-state index contributed by atoms with van der Waals surface area (Å²) in [6.45, 7) is 13.1. The van der Waals surface area contributed by atoms with Crippen LogP contribution in [-0.2, 0) is 16.8 Å². The largest absolute Gasteiger partial charge is 0.543 e. The standard InChI is InChI=1S/C24H34O6SSi/c1-23(2,3)32(5,6)30-21-14-18-17(11-12-24(4)20(18)9-10-22(24)25)16-8-7-15(13-19(16)21)29-31(26,27)28/h7-8,13-14,20,22,25H,9-12H2,1-6H3,(H,26,27,28)/t20?,22-,24?/m0/s1. The Bertz CT molecular complexity index is 1170. The topological polar surface area (TPSA) is 93.1 Å². The smallest absolute Gasteiger partial charge is 0.446 e. The van der Waals surface area contributed by atoms with Crippen LogP contribution < -0.4 is 8.61 Å². The molecule has 0 spiro atoms. The molecule has 2 unspecified atom stereocenters. The fourth-order valence-electron chi connectivity index (χ4n) is 5.19. The fraction of sp³-hybridized carbons (Fsp3) is 0.583. The van der Waals surface area contributed by atoms with E-state index >= 15 is 0 Å². The van der Waals surface area contributed by atoms with Gasteiger partial charge in [-0.2, -0.15) is 8.42 Å². The van der Waals surface area contributed by atoms with Crippen molar-refractivity contribution in [3.63, 3.8) is 0 Å². The number of aryl methyl sites for hydroxylation is 1. The number of aliphatic hydroxyl groups excluding tert-OH is 1. The molecular formula is C24H34O6SSi. The molecule has 2 aliphatic rings. The van der Waals surface area contributed by atoms with Crippen LogP contribution in [0.5, 0.6) is 11.5 Å². The van der Waals surface area contributed by atoms with E-state index in [1.54, 1.807) is 12.1 Å². The quantitative estimate of drug-likeness (QED) is 0.439. The predicted octanol–water partition coefficient (Wildman–Crippen LogP) is 5.60. The molecule has 2 aromatic carbocycles. The van der Waals surface area contributed by atoms with Crippen LogP contribution >= 0.6 is 0 Å². The van der Waals surface area contributed by atoms with Gasteiger partial charge in [-0.05, 0) is 84.4 Å². The molecule has 1 fully saturated rings. The van der Waals surface area contributed by atoms with Crippen LogP contribution in [0.1, 0.15) is 64.0 Å². The van der Waals surface area contributed by atoms with Gasteiger partial charge in [0, 0.05) is 10.8 Å². The molecule has 0 bridgehead atoms. The van der Waals surface area contributed by atoms with Gasteiger partial charge >= 0.3 is 10.4 Å². The number of rotatable bonds is 4. The lowest BCUT2D eigenvalue weighted by molar-refractivity contribution is 0.0458. The third kappa shape index (κ3) is 3.95. The number of hydrogen-bond donors (Lipinski definition) is 2. The second-order valence-corrected chi connectivity index (χ2v) is 16.9. The maximum Gasteiger partial charge on any atom is 0.446 e. The van der Waals surface area contributed by atoms with Crippen LogP contribution in [0.15, 0.2) is 24.3 Å². The first kappa shape index (κ1) is 23.5. The van der Waals surface area contributed by atoms with Crippen molar-refractivity contribution < 1.29 is 26.7 Å². The molecule has 3 atom stereocenters. The first-order valence-electron chi connectivity index (χ1n) is 11.3. The molecule has 2 aliphatic carbocycles. The Hall–Kier alpha value is -1.61. The Balaban J connectivity index is 1.93. The van der Waals surface area contributed by atoms with Crippen LogP contribution in [0, 0.1) is 5.41 Å². The van der Waals surface area contributed by atoms with Gasteiger partial charge < -0.3 is 13.7 Å². The second kappa shape index (κ2) is 7.45. The maximum atomic E-state index is 11.3. The summed E-state index contributed by atoms with van der Waals surface area (Å²) in [5, 5.41) is 12.5. The summed E-state index contributed by atoms with van der Waals surface area (Å²) in [6, 6.07) is 7.20. The summed E-state index contributed by atoms with van der Waals surface area (Å²) in [7, 11) is -6.82. The SMILES string of the molecule is CC12CCc3c(cc(O[Si](C)(C)C(C)(C)C)c4cc(OS(=O)(=O)O)ccc34)C1CC[C@@H]2O. The molecular weight excluding hydrogens is 444 g/mol. The summed E-state index contributed by atoms with van der Waals surface area (Å²) in [5.41, 5.74) is 2.33. The van der Waals surface area contributed by atoms with Crippen LogP contribution in [0.4, 0.5) is 0 Å². The zero-order chi connectivity index (χ0) is 23.7. The van der Waals surface area contributed by atoms with E-state index in [1.165, 1.54) is 11.1 Å². The molecule has 0 aromatic heterocycles. The van der Waals surface area contributed by atoms with Crippen LogP contribution in [-0.4, -0.2) is 32.5 Å². The monoisotopic (exact) mass is 478 g/mol. The van der Waals surface area contributed by atoms with Gasteiger partial charge in [0.15, 0.2) is 0 Å². The van der Waals surface area contributed by atoms with E-state index in [9.17, 15) is 13.5 Å². The van der Waals surface area contributed by atoms with Crippen LogP contribution in [0.3, 0.4) is 0 Å². The molecule has 8 heteroatoms. The van der Waals surface area contributed by atoms with E-state index < -0.39 is 18.7 Å². The number of fused-ring (bicyclic) bond motifs is 5. The number of benzene rings is 2. The molecule has 1 saturated carbocycles. The van der Waals surface area contributed by atoms with Crippen molar-refractivity contribution in [3.05, 3.63) is 35.4 Å². The van der Waals surface area contributed by atoms with E-state index in [4.69, 9.17) is 13.2 Å². The zero-order valence-electron chi connectivity index (χ0n) is 19.7. The summed E-state index contributed by atoms with van der Waals surface area (Å²) in [4.78, 5) is 0. The first-order chi connectivity index (χ1) is 14.6. The van der Waals surface area contributed by atoms with E-state index in [0.29, 0.717) is 0 Å². The minimum Gasteiger partial charge on any atom is -0.543 e. The van der Waals surface area contributed by atoms with Gasteiger partial charge in [0.1, 0.15) is 11.5 Å². The second-order valence-electron chi connectivity index (χ2n) is 11.2. The van der Waals surface area contributed by atoms with Crippen molar-refractivity contribution in [3.8, 4) is 11.5 Å². The lowest BCUT2D eigenvalue weighted by atomic mass is 9.65. The lowest BCUT2D eigenvalue weighted by Crippen LogP contribution is -2.44. The first-order valence-corrected chi connectivity index (χ1v) is 15.5. The Morgan fingerprint density at radius 2 is 1.81 bits per heavy atom. The highest BCUT2D eigenvalue weighted by Gasteiger charge is 2.49. The average Bonchev–Trinajstić information content (AvgIpc) is 2.94. The van der Waals surface area contributed by atoms with Gasteiger partial charge in [-0.3, -0.25) is 4.55 Å². The minimum absolute atomic E-state index is 0.0180. The molecule has 0 aliphatic heterocycles. The van der Waals surface area contributed by atoms with Gasteiger partial charge in [-0.15, -0.1) is 0 Å². The highest BCUT2D eigenvalue weighted by Crippen LogP contribution is 2.57. The van der Waals surface area contributed by atoms with E-state index in [-0.39, 0.29) is 28.2 Å². The average molecular weight is 479 g/mol. The summed E-state index contributed by atoms with van der Waals surface area (Å²) < 4.78 is 43.2. The van der Waals surface area contributed by atoms with Crippen molar-refractivity contribution in [1.29, 1.82) is 0 Å². The van der Waals surface area contributed by atoms with Gasteiger partial charge in [-0.1, -0.05) is 33.8 Å². The summed E-state index contributed by atoms with van der Waals surface area (Å²) in [5.74, 6) is 1.04. The maximum absolute atomic E-state index is 11.3. The highest BCUT2D eigenvalue weighted by atomic mass is 32.3. The Kier molecular flexibility index (Phi) is 5.48. The molecule has 0 heterocycles. The normalized spacial score (nSPS) is 26.0. The van der Waals surface area contributed by atoms with Crippen LogP contribution in [0.25, 0.3) is 10.8 Å². The molecule has 0 radical (unpaired) electrons. The van der Waals surface area contributed by atoms with E-state index in [2.05, 4.69) is 46.9 Å². The summed E-state index contributed by atoms with van der Waals surface area (Å²) in [6.07, 6.45) is 3.20. The number of aliphatic hydroxyl groups is 1. The molecule has 0 saturated heterocycles. The van der Waals surface area contributed by atoms with E-state index in [0.717, 1.165) is 42.2 Å². The van der Waals surface area contributed by atoms with Crippen molar-refractivity contribution in [2.24, 2.45) is 5.41 Å². The van der Waals surface area contributed by atoms with Crippen molar-refractivity contribution in [1.82, 2.24) is 0 Å². The molecule has 2 N–H and O–H groups in total. The molecule has 0 amide bonds.